The SMILES string of the molecule is COc1ccc(CNC(=O)[C@@H]2CCCN(S(=O)(=O)N3CCC(C)CC3)C2)c(OC)c1. The maximum Gasteiger partial charge on any atom is 0.281 e. The third kappa shape index (κ3) is 5.25. The van der Waals surface area contributed by atoms with Crippen LogP contribution in [0, 0.1) is 11.8 Å². The summed E-state index contributed by atoms with van der Waals surface area (Å²) in [5, 5.41) is 2.94. The van der Waals surface area contributed by atoms with Crippen molar-refractivity contribution >= 4 is 16.1 Å². The normalized spacial score (nSPS) is 21.9. The lowest BCUT2D eigenvalue weighted by atomic mass is 9.98. The molecule has 8 nitrogen and oxygen atoms in total. The van der Waals surface area contributed by atoms with E-state index in [-0.39, 0.29) is 18.4 Å². The second-order valence-electron chi connectivity index (χ2n) is 8.18. The molecule has 1 aromatic carbocycles. The number of hydrogen-bond donors (Lipinski definition) is 1. The van der Waals surface area contributed by atoms with Crippen LogP contribution in [-0.4, -0.2) is 63.3 Å². The van der Waals surface area contributed by atoms with Gasteiger partial charge in [-0.2, -0.15) is 17.0 Å². The van der Waals surface area contributed by atoms with Crippen LogP contribution in [0.2, 0.25) is 0 Å². The average molecular weight is 440 g/mol. The molecule has 0 saturated carbocycles. The fraction of sp³-hybridized carbons (Fsp3) is 0.667. The minimum atomic E-state index is -3.51. The van der Waals surface area contributed by atoms with Gasteiger partial charge in [0.15, 0.2) is 0 Å². The van der Waals surface area contributed by atoms with Crippen molar-refractivity contribution in [2.45, 2.75) is 39.2 Å². The molecule has 0 bridgehead atoms. The number of benzene rings is 1. The van der Waals surface area contributed by atoms with Crippen LogP contribution in [-0.2, 0) is 21.5 Å². The molecule has 0 aliphatic carbocycles. The highest BCUT2D eigenvalue weighted by atomic mass is 32.2. The van der Waals surface area contributed by atoms with E-state index in [1.54, 1.807) is 24.6 Å². The Kier molecular flexibility index (Phi) is 7.60. The van der Waals surface area contributed by atoms with Gasteiger partial charge in [0.25, 0.3) is 10.2 Å². The van der Waals surface area contributed by atoms with Gasteiger partial charge in [0.2, 0.25) is 5.91 Å². The van der Waals surface area contributed by atoms with E-state index in [0.717, 1.165) is 18.4 Å². The van der Waals surface area contributed by atoms with Gasteiger partial charge < -0.3 is 14.8 Å². The van der Waals surface area contributed by atoms with Crippen molar-refractivity contribution in [2.75, 3.05) is 40.4 Å². The first-order valence-corrected chi connectivity index (χ1v) is 12.0. The fourth-order valence-corrected chi connectivity index (χ4v) is 5.80. The molecule has 1 N–H and O–H groups in total. The molecule has 2 fully saturated rings. The van der Waals surface area contributed by atoms with Crippen molar-refractivity contribution in [1.82, 2.24) is 13.9 Å². The Morgan fingerprint density at radius 1 is 1.10 bits per heavy atom. The van der Waals surface area contributed by atoms with Gasteiger partial charge in [0, 0.05) is 44.4 Å². The monoisotopic (exact) mass is 439 g/mol. The van der Waals surface area contributed by atoms with E-state index in [2.05, 4.69) is 12.2 Å². The highest BCUT2D eigenvalue weighted by Crippen LogP contribution is 2.27. The van der Waals surface area contributed by atoms with Gasteiger partial charge in [-0.3, -0.25) is 4.79 Å². The molecule has 1 atom stereocenters. The summed E-state index contributed by atoms with van der Waals surface area (Å²) < 4.78 is 39.7. The van der Waals surface area contributed by atoms with Gasteiger partial charge in [-0.05, 0) is 43.7 Å². The molecular weight excluding hydrogens is 406 g/mol. The van der Waals surface area contributed by atoms with Gasteiger partial charge in [0.1, 0.15) is 11.5 Å². The first-order chi connectivity index (χ1) is 14.3. The van der Waals surface area contributed by atoms with Gasteiger partial charge >= 0.3 is 0 Å². The molecule has 0 aromatic heterocycles. The average Bonchev–Trinajstić information content (AvgIpc) is 2.77. The number of nitrogens with zero attached hydrogens (tertiary/aromatic N) is 2. The van der Waals surface area contributed by atoms with Crippen molar-refractivity contribution in [2.24, 2.45) is 11.8 Å². The molecule has 0 radical (unpaired) electrons. The van der Waals surface area contributed by atoms with E-state index in [0.29, 0.717) is 56.4 Å². The van der Waals surface area contributed by atoms with Gasteiger partial charge in [-0.1, -0.05) is 6.92 Å². The number of amides is 1. The molecular formula is C21H33N3O5S. The Bertz CT molecular complexity index is 837. The van der Waals surface area contributed by atoms with Crippen LogP contribution in [0.25, 0.3) is 0 Å². The molecule has 2 aliphatic heterocycles. The van der Waals surface area contributed by atoms with Crippen LogP contribution < -0.4 is 14.8 Å². The number of rotatable bonds is 7. The highest BCUT2D eigenvalue weighted by molar-refractivity contribution is 7.86. The van der Waals surface area contributed by atoms with Crippen molar-refractivity contribution in [1.29, 1.82) is 0 Å². The van der Waals surface area contributed by atoms with E-state index < -0.39 is 10.2 Å². The molecule has 2 saturated heterocycles. The van der Waals surface area contributed by atoms with Crippen LogP contribution in [0.5, 0.6) is 11.5 Å². The van der Waals surface area contributed by atoms with Gasteiger partial charge in [-0.15, -0.1) is 0 Å². The summed E-state index contributed by atoms with van der Waals surface area (Å²) in [6, 6.07) is 5.45. The maximum absolute atomic E-state index is 13.0. The summed E-state index contributed by atoms with van der Waals surface area (Å²) in [4.78, 5) is 12.8. The molecule has 0 spiro atoms. The molecule has 2 heterocycles. The fourth-order valence-electron chi connectivity index (χ4n) is 4.07. The quantitative estimate of drug-likeness (QED) is 0.702. The Balaban J connectivity index is 1.59. The smallest absolute Gasteiger partial charge is 0.281 e. The van der Waals surface area contributed by atoms with Gasteiger partial charge in [0.05, 0.1) is 20.1 Å². The van der Waals surface area contributed by atoms with E-state index in [9.17, 15) is 13.2 Å². The third-order valence-corrected chi connectivity index (χ3v) is 8.10. The second kappa shape index (κ2) is 9.98. The number of methoxy groups -OCH3 is 2. The van der Waals surface area contributed by atoms with Crippen LogP contribution in [0.4, 0.5) is 0 Å². The number of carbonyl (C=O) groups excluding carboxylic acids is 1. The molecule has 3 rings (SSSR count). The van der Waals surface area contributed by atoms with Crippen LogP contribution in [0.3, 0.4) is 0 Å². The number of piperidine rings is 2. The standard InChI is InChI=1S/C21H33N3O5S/c1-16-8-11-23(12-9-16)30(26,27)24-10-4-5-18(15-24)21(25)22-14-17-6-7-19(28-2)13-20(17)29-3/h6-7,13,16,18H,4-5,8-12,14-15H2,1-3H3,(H,22,25)/t18-/m1/s1. The number of carbonyl (C=O) groups is 1. The summed E-state index contributed by atoms with van der Waals surface area (Å²) >= 11 is 0. The predicted octanol–water partition coefficient (Wildman–Crippen LogP) is 2.01. The van der Waals surface area contributed by atoms with E-state index >= 15 is 0 Å². The first kappa shape index (κ1) is 22.8. The molecule has 9 heteroatoms. The zero-order valence-electron chi connectivity index (χ0n) is 18.1. The second-order valence-corrected chi connectivity index (χ2v) is 10.1. The minimum Gasteiger partial charge on any atom is -0.497 e. The Morgan fingerprint density at radius 2 is 1.83 bits per heavy atom. The highest BCUT2D eigenvalue weighted by Gasteiger charge is 2.36. The number of nitrogens with one attached hydrogen (secondary N) is 1. The topological polar surface area (TPSA) is 88.2 Å². The largest absolute Gasteiger partial charge is 0.497 e. The first-order valence-electron chi connectivity index (χ1n) is 10.6. The Labute approximate surface area is 179 Å². The number of ether oxygens (including phenoxy) is 2. The Hall–Kier alpha value is -1.84. The van der Waals surface area contributed by atoms with Crippen molar-refractivity contribution < 1.29 is 22.7 Å². The van der Waals surface area contributed by atoms with Crippen LogP contribution in [0.15, 0.2) is 18.2 Å². The molecule has 168 valence electrons. The lowest BCUT2D eigenvalue weighted by Gasteiger charge is -2.37. The summed E-state index contributed by atoms with van der Waals surface area (Å²) in [5.41, 5.74) is 0.842. The molecule has 1 aromatic rings. The Morgan fingerprint density at radius 3 is 2.50 bits per heavy atom. The molecule has 0 unspecified atom stereocenters. The van der Waals surface area contributed by atoms with E-state index in [1.165, 1.54) is 4.31 Å². The zero-order valence-corrected chi connectivity index (χ0v) is 18.9. The summed E-state index contributed by atoms with van der Waals surface area (Å²) in [5.74, 6) is 1.41. The molecule has 30 heavy (non-hydrogen) atoms. The maximum atomic E-state index is 13.0. The van der Waals surface area contributed by atoms with Crippen molar-refractivity contribution in [3.63, 3.8) is 0 Å². The molecule has 2 aliphatic rings. The number of hydrogen-bond acceptors (Lipinski definition) is 5. The predicted molar refractivity (Wildman–Crippen MR) is 115 cm³/mol. The summed E-state index contributed by atoms with van der Waals surface area (Å²) in [6.07, 6.45) is 3.16. The van der Waals surface area contributed by atoms with Crippen LogP contribution >= 0.6 is 0 Å². The van der Waals surface area contributed by atoms with E-state index in [1.807, 2.05) is 12.1 Å². The minimum absolute atomic E-state index is 0.125. The summed E-state index contributed by atoms with van der Waals surface area (Å²) in [6.45, 7) is 4.31. The lowest BCUT2D eigenvalue weighted by molar-refractivity contribution is -0.126. The van der Waals surface area contributed by atoms with Gasteiger partial charge in [-0.25, -0.2) is 0 Å². The lowest BCUT2D eigenvalue weighted by Crippen LogP contribution is -2.52. The van der Waals surface area contributed by atoms with E-state index in [4.69, 9.17) is 9.47 Å². The summed E-state index contributed by atoms with van der Waals surface area (Å²) in [7, 11) is -0.346. The zero-order chi connectivity index (χ0) is 21.7. The van der Waals surface area contributed by atoms with Crippen molar-refractivity contribution in [3.05, 3.63) is 23.8 Å². The third-order valence-electron chi connectivity index (χ3n) is 6.10. The van der Waals surface area contributed by atoms with Crippen LogP contribution in [0.1, 0.15) is 38.2 Å². The van der Waals surface area contributed by atoms with Crippen molar-refractivity contribution in [3.8, 4) is 11.5 Å². The molecule has 1 amide bonds.